The fraction of sp³-hybridized carbons (Fsp3) is 0.429. The van der Waals surface area contributed by atoms with E-state index in [1.54, 1.807) is 6.33 Å². The molecule has 1 fully saturated rings. The molecular weight excluding hydrogens is 238 g/mol. The van der Waals surface area contributed by atoms with Gasteiger partial charge < -0.3 is 16.0 Å². The van der Waals surface area contributed by atoms with Crippen LogP contribution in [0.4, 0.5) is 11.5 Å². The first kappa shape index (κ1) is 12.2. The van der Waals surface area contributed by atoms with Crippen molar-refractivity contribution in [2.24, 2.45) is 0 Å². The molecule has 1 aromatic carbocycles. The van der Waals surface area contributed by atoms with Gasteiger partial charge in [0.05, 0.1) is 5.52 Å². The number of anilines is 2. The van der Waals surface area contributed by atoms with E-state index in [4.69, 9.17) is 5.73 Å². The summed E-state index contributed by atoms with van der Waals surface area (Å²) >= 11 is 0. The minimum absolute atomic E-state index is 0.589. The molecule has 100 valence electrons. The standard InChI is InChI=1S/C14H19N5/c1-19-6-2-3-11(19)8-16-14-12-7-10(15)4-5-13(12)17-9-18-14/h4-5,7,9,11H,2-3,6,8,15H2,1H3,(H,16,17,18). The van der Waals surface area contributed by atoms with Crippen LogP contribution in [0.15, 0.2) is 24.5 Å². The van der Waals surface area contributed by atoms with Gasteiger partial charge in [-0.05, 0) is 44.6 Å². The summed E-state index contributed by atoms with van der Waals surface area (Å²) in [6, 6.07) is 6.31. The van der Waals surface area contributed by atoms with E-state index in [9.17, 15) is 0 Å². The van der Waals surface area contributed by atoms with Crippen molar-refractivity contribution in [1.82, 2.24) is 14.9 Å². The lowest BCUT2D eigenvalue weighted by Gasteiger charge is -2.20. The molecule has 1 aliphatic rings. The zero-order chi connectivity index (χ0) is 13.2. The van der Waals surface area contributed by atoms with E-state index in [0.717, 1.165) is 29.0 Å². The number of nitrogens with one attached hydrogen (secondary N) is 1. The van der Waals surface area contributed by atoms with Gasteiger partial charge >= 0.3 is 0 Å². The SMILES string of the molecule is CN1CCCC1CNc1ncnc2ccc(N)cc12. The molecule has 2 heterocycles. The lowest BCUT2D eigenvalue weighted by atomic mass is 10.2. The number of benzene rings is 1. The van der Waals surface area contributed by atoms with Gasteiger partial charge in [-0.25, -0.2) is 9.97 Å². The van der Waals surface area contributed by atoms with Crippen molar-refractivity contribution in [2.75, 3.05) is 31.2 Å². The smallest absolute Gasteiger partial charge is 0.137 e. The Balaban J connectivity index is 1.82. The van der Waals surface area contributed by atoms with Gasteiger partial charge in [-0.15, -0.1) is 0 Å². The van der Waals surface area contributed by atoms with Crippen LogP contribution >= 0.6 is 0 Å². The van der Waals surface area contributed by atoms with E-state index in [-0.39, 0.29) is 0 Å². The first-order valence-electron chi connectivity index (χ1n) is 6.68. The summed E-state index contributed by atoms with van der Waals surface area (Å²) in [5.41, 5.74) is 7.50. The molecule has 5 heteroatoms. The fourth-order valence-corrected chi connectivity index (χ4v) is 2.67. The molecule has 0 spiro atoms. The summed E-state index contributed by atoms with van der Waals surface area (Å²) in [6.45, 7) is 2.10. The summed E-state index contributed by atoms with van der Waals surface area (Å²) in [4.78, 5) is 11.0. The van der Waals surface area contributed by atoms with E-state index in [2.05, 4.69) is 27.2 Å². The van der Waals surface area contributed by atoms with E-state index < -0.39 is 0 Å². The van der Waals surface area contributed by atoms with E-state index >= 15 is 0 Å². The zero-order valence-corrected chi connectivity index (χ0v) is 11.1. The molecule has 0 bridgehead atoms. The number of likely N-dealkylation sites (N-methyl/N-ethyl adjacent to an activating group) is 1. The highest BCUT2D eigenvalue weighted by atomic mass is 15.2. The topological polar surface area (TPSA) is 67.1 Å². The van der Waals surface area contributed by atoms with Crippen LogP contribution < -0.4 is 11.1 Å². The predicted octanol–water partition coefficient (Wildman–Crippen LogP) is 1.72. The normalized spacial score (nSPS) is 19.9. The maximum atomic E-state index is 5.84. The predicted molar refractivity (Wildman–Crippen MR) is 78.1 cm³/mol. The number of nitrogens with zero attached hydrogens (tertiary/aromatic N) is 3. The Bertz CT molecular complexity index is 583. The van der Waals surface area contributed by atoms with Crippen molar-refractivity contribution < 1.29 is 0 Å². The maximum absolute atomic E-state index is 5.84. The van der Waals surface area contributed by atoms with Crippen molar-refractivity contribution in [3.63, 3.8) is 0 Å². The average molecular weight is 257 g/mol. The van der Waals surface area contributed by atoms with Gasteiger partial charge in [0.1, 0.15) is 12.1 Å². The van der Waals surface area contributed by atoms with Gasteiger partial charge in [0, 0.05) is 23.7 Å². The Morgan fingerprint density at radius 1 is 1.42 bits per heavy atom. The third kappa shape index (κ3) is 2.46. The second-order valence-corrected chi connectivity index (χ2v) is 5.16. The Morgan fingerprint density at radius 3 is 3.11 bits per heavy atom. The Hall–Kier alpha value is -1.88. The van der Waals surface area contributed by atoms with E-state index in [0.29, 0.717) is 6.04 Å². The van der Waals surface area contributed by atoms with Crippen molar-refractivity contribution >= 4 is 22.4 Å². The molecule has 2 aromatic rings. The Morgan fingerprint density at radius 2 is 2.32 bits per heavy atom. The molecule has 0 saturated carbocycles. The minimum Gasteiger partial charge on any atom is -0.399 e. The maximum Gasteiger partial charge on any atom is 0.137 e. The largest absolute Gasteiger partial charge is 0.399 e. The van der Waals surface area contributed by atoms with Gasteiger partial charge in [-0.2, -0.15) is 0 Å². The number of hydrogen-bond donors (Lipinski definition) is 2. The summed E-state index contributed by atoms with van der Waals surface area (Å²) < 4.78 is 0. The summed E-state index contributed by atoms with van der Waals surface area (Å²) in [5, 5.41) is 4.43. The van der Waals surface area contributed by atoms with Crippen LogP contribution in [0.5, 0.6) is 0 Å². The first-order chi connectivity index (χ1) is 9.24. The summed E-state index contributed by atoms with van der Waals surface area (Å²) in [7, 11) is 2.18. The lowest BCUT2D eigenvalue weighted by molar-refractivity contribution is 0.322. The molecule has 0 amide bonds. The minimum atomic E-state index is 0.589. The quantitative estimate of drug-likeness (QED) is 0.819. The van der Waals surface area contributed by atoms with Gasteiger partial charge in [0.15, 0.2) is 0 Å². The van der Waals surface area contributed by atoms with Crippen LogP contribution in [0.1, 0.15) is 12.8 Å². The molecule has 1 atom stereocenters. The Kier molecular flexibility index (Phi) is 3.21. The molecule has 1 aromatic heterocycles. The summed E-state index contributed by atoms with van der Waals surface area (Å²) in [5.74, 6) is 0.873. The molecule has 19 heavy (non-hydrogen) atoms. The number of rotatable bonds is 3. The zero-order valence-electron chi connectivity index (χ0n) is 11.1. The molecule has 3 N–H and O–H groups in total. The van der Waals surface area contributed by atoms with Gasteiger partial charge in [0.25, 0.3) is 0 Å². The van der Waals surface area contributed by atoms with Crippen molar-refractivity contribution in [2.45, 2.75) is 18.9 Å². The fourth-order valence-electron chi connectivity index (χ4n) is 2.67. The van der Waals surface area contributed by atoms with Crippen LogP contribution in [0.25, 0.3) is 10.9 Å². The molecule has 3 rings (SSSR count). The summed E-state index contributed by atoms with van der Waals surface area (Å²) in [6.07, 6.45) is 4.12. The average Bonchev–Trinajstić information content (AvgIpc) is 2.82. The molecule has 1 saturated heterocycles. The monoisotopic (exact) mass is 257 g/mol. The number of hydrogen-bond acceptors (Lipinski definition) is 5. The van der Waals surface area contributed by atoms with Gasteiger partial charge in [-0.1, -0.05) is 0 Å². The number of nitrogens with two attached hydrogens (primary N) is 1. The van der Waals surface area contributed by atoms with E-state index in [1.807, 2.05) is 18.2 Å². The highest BCUT2D eigenvalue weighted by Gasteiger charge is 2.20. The number of nitrogen functional groups attached to an aromatic ring is 1. The van der Waals surface area contributed by atoms with Gasteiger partial charge in [0.2, 0.25) is 0 Å². The van der Waals surface area contributed by atoms with Crippen molar-refractivity contribution in [3.8, 4) is 0 Å². The second kappa shape index (κ2) is 5.01. The van der Waals surface area contributed by atoms with Crippen LogP contribution in [0.2, 0.25) is 0 Å². The highest BCUT2D eigenvalue weighted by molar-refractivity contribution is 5.91. The molecule has 1 unspecified atom stereocenters. The van der Waals surface area contributed by atoms with Crippen LogP contribution in [-0.2, 0) is 0 Å². The second-order valence-electron chi connectivity index (χ2n) is 5.16. The van der Waals surface area contributed by atoms with Crippen molar-refractivity contribution in [1.29, 1.82) is 0 Å². The highest BCUT2D eigenvalue weighted by Crippen LogP contribution is 2.22. The molecular formula is C14H19N5. The third-order valence-electron chi connectivity index (χ3n) is 3.84. The molecule has 1 aliphatic heterocycles. The molecule has 5 nitrogen and oxygen atoms in total. The first-order valence-corrected chi connectivity index (χ1v) is 6.68. The number of aromatic nitrogens is 2. The van der Waals surface area contributed by atoms with Crippen LogP contribution in [0, 0.1) is 0 Å². The Labute approximate surface area is 112 Å². The molecule has 0 radical (unpaired) electrons. The lowest BCUT2D eigenvalue weighted by Crippen LogP contribution is -2.31. The molecule has 0 aliphatic carbocycles. The van der Waals surface area contributed by atoms with Crippen molar-refractivity contribution in [3.05, 3.63) is 24.5 Å². The van der Waals surface area contributed by atoms with Crippen LogP contribution in [-0.4, -0.2) is 41.0 Å². The van der Waals surface area contributed by atoms with Gasteiger partial charge in [-0.3, -0.25) is 0 Å². The van der Waals surface area contributed by atoms with E-state index in [1.165, 1.54) is 19.4 Å². The van der Waals surface area contributed by atoms with Crippen LogP contribution in [0.3, 0.4) is 0 Å². The number of fused-ring (bicyclic) bond motifs is 1. The third-order valence-corrected chi connectivity index (χ3v) is 3.84. The number of likely N-dealkylation sites (tertiary alicyclic amines) is 1.